The molecule has 0 saturated carbocycles. The number of urea groups is 1. The Hall–Kier alpha value is -2.89. The molecule has 0 unspecified atom stereocenters. The normalized spacial score (nSPS) is 9.96. The molecule has 0 aliphatic carbocycles. The van der Waals surface area contributed by atoms with Gasteiger partial charge in [0, 0.05) is 38.1 Å². The van der Waals surface area contributed by atoms with E-state index in [-0.39, 0.29) is 11.9 Å². The molecule has 0 aliphatic rings. The molecule has 23 heavy (non-hydrogen) atoms. The average Bonchev–Trinajstić information content (AvgIpc) is 2.60. The molecule has 1 aromatic carbocycles. The van der Waals surface area contributed by atoms with E-state index in [1.165, 1.54) is 0 Å². The summed E-state index contributed by atoms with van der Waals surface area (Å²) in [6, 6.07) is 10.9. The van der Waals surface area contributed by atoms with Crippen molar-refractivity contribution in [1.82, 2.24) is 20.9 Å². The van der Waals surface area contributed by atoms with Crippen LogP contribution < -0.4 is 16.0 Å². The number of benzene rings is 1. The van der Waals surface area contributed by atoms with Crippen molar-refractivity contribution >= 4 is 11.9 Å². The first-order valence-electron chi connectivity index (χ1n) is 7.40. The summed E-state index contributed by atoms with van der Waals surface area (Å²) in [5.74, 6) is -0.117. The number of amides is 3. The summed E-state index contributed by atoms with van der Waals surface area (Å²) in [4.78, 5) is 27.3. The first kappa shape index (κ1) is 16.5. The monoisotopic (exact) mass is 312 g/mol. The van der Waals surface area contributed by atoms with Crippen LogP contribution in [-0.2, 0) is 13.0 Å². The average molecular weight is 312 g/mol. The van der Waals surface area contributed by atoms with Gasteiger partial charge in [0.1, 0.15) is 0 Å². The van der Waals surface area contributed by atoms with Crippen molar-refractivity contribution in [2.75, 3.05) is 13.6 Å². The summed E-state index contributed by atoms with van der Waals surface area (Å²) in [5, 5.41) is 8.15. The summed E-state index contributed by atoms with van der Waals surface area (Å²) in [5.41, 5.74) is 2.56. The number of carbonyl (C=O) groups is 2. The van der Waals surface area contributed by atoms with Crippen LogP contribution in [0.25, 0.3) is 0 Å². The lowest BCUT2D eigenvalue weighted by molar-refractivity contribution is 0.0963. The lowest BCUT2D eigenvalue weighted by Crippen LogP contribution is -2.36. The molecule has 0 radical (unpaired) electrons. The molecule has 0 fully saturated rings. The van der Waals surface area contributed by atoms with E-state index < -0.39 is 0 Å². The second-order valence-electron chi connectivity index (χ2n) is 5.00. The van der Waals surface area contributed by atoms with Gasteiger partial charge in [-0.3, -0.25) is 9.78 Å². The van der Waals surface area contributed by atoms with Crippen molar-refractivity contribution < 1.29 is 9.59 Å². The number of nitrogens with zero attached hydrogens (tertiary/aromatic N) is 1. The zero-order chi connectivity index (χ0) is 16.5. The Bertz CT molecular complexity index is 659. The third kappa shape index (κ3) is 5.43. The molecule has 0 aliphatic heterocycles. The first-order chi connectivity index (χ1) is 11.2. The van der Waals surface area contributed by atoms with Crippen LogP contribution in [0.3, 0.4) is 0 Å². The molecule has 6 heteroatoms. The maximum absolute atomic E-state index is 11.7. The molecular weight excluding hydrogens is 292 g/mol. The second-order valence-corrected chi connectivity index (χ2v) is 5.00. The molecule has 6 nitrogen and oxygen atoms in total. The standard InChI is InChI=1S/C17H20N4O2/c1-18-16(22)15-6-2-4-13(10-15)7-9-20-17(23)21-12-14-5-3-8-19-11-14/h2-6,8,10-11H,7,9,12H2,1H3,(H,18,22)(H2,20,21,23). The van der Waals surface area contributed by atoms with Crippen molar-refractivity contribution in [3.8, 4) is 0 Å². The van der Waals surface area contributed by atoms with Gasteiger partial charge in [-0.05, 0) is 35.7 Å². The van der Waals surface area contributed by atoms with Crippen molar-refractivity contribution in [2.24, 2.45) is 0 Å². The van der Waals surface area contributed by atoms with Crippen LogP contribution in [0.1, 0.15) is 21.5 Å². The number of pyridine rings is 1. The maximum Gasteiger partial charge on any atom is 0.315 e. The molecule has 1 heterocycles. The zero-order valence-corrected chi connectivity index (χ0v) is 13.0. The minimum Gasteiger partial charge on any atom is -0.355 e. The molecule has 120 valence electrons. The Morgan fingerprint density at radius 2 is 1.91 bits per heavy atom. The van der Waals surface area contributed by atoms with E-state index in [1.54, 1.807) is 25.5 Å². The molecule has 2 aromatic rings. The summed E-state index contributed by atoms with van der Waals surface area (Å²) in [7, 11) is 1.60. The lowest BCUT2D eigenvalue weighted by Gasteiger charge is -2.08. The quantitative estimate of drug-likeness (QED) is 0.755. The molecule has 0 atom stereocenters. The Kier molecular flexibility index (Phi) is 6.11. The van der Waals surface area contributed by atoms with E-state index >= 15 is 0 Å². The number of hydrogen-bond donors (Lipinski definition) is 3. The van der Waals surface area contributed by atoms with Crippen LogP contribution >= 0.6 is 0 Å². The Morgan fingerprint density at radius 3 is 2.65 bits per heavy atom. The lowest BCUT2D eigenvalue weighted by atomic mass is 10.1. The smallest absolute Gasteiger partial charge is 0.315 e. The topological polar surface area (TPSA) is 83.1 Å². The van der Waals surface area contributed by atoms with Gasteiger partial charge < -0.3 is 16.0 Å². The summed E-state index contributed by atoms with van der Waals surface area (Å²) in [6.07, 6.45) is 4.06. The Morgan fingerprint density at radius 1 is 1.09 bits per heavy atom. The van der Waals surface area contributed by atoms with E-state index in [9.17, 15) is 9.59 Å². The molecule has 1 aromatic heterocycles. The summed E-state index contributed by atoms with van der Waals surface area (Å²) < 4.78 is 0. The molecule has 3 N–H and O–H groups in total. The minimum absolute atomic E-state index is 0.117. The van der Waals surface area contributed by atoms with Crippen molar-refractivity contribution in [3.63, 3.8) is 0 Å². The highest BCUT2D eigenvalue weighted by Gasteiger charge is 2.04. The van der Waals surface area contributed by atoms with E-state index in [1.807, 2.05) is 30.3 Å². The van der Waals surface area contributed by atoms with Crippen molar-refractivity contribution in [1.29, 1.82) is 0 Å². The number of rotatable bonds is 6. The van der Waals surface area contributed by atoms with Crippen LogP contribution in [0.15, 0.2) is 48.8 Å². The highest BCUT2D eigenvalue weighted by atomic mass is 16.2. The fourth-order valence-corrected chi connectivity index (χ4v) is 2.08. The first-order valence-corrected chi connectivity index (χ1v) is 7.40. The van der Waals surface area contributed by atoms with Gasteiger partial charge in [-0.15, -0.1) is 0 Å². The van der Waals surface area contributed by atoms with Gasteiger partial charge in [0.25, 0.3) is 5.91 Å². The maximum atomic E-state index is 11.7. The second kappa shape index (κ2) is 8.53. The SMILES string of the molecule is CNC(=O)c1cccc(CCNC(=O)NCc2cccnc2)c1. The van der Waals surface area contributed by atoms with Crippen LogP contribution in [-0.4, -0.2) is 30.5 Å². The molecular formula is C17H20N4O2. The van der Waals surface area contributed by atoms with Crippen LogP contribution in [0.2, 0.25) is 0 Å². The van der Waals surface area contributed by atoms with E-state index in [2.05, 4.69) is 20.9 Å². The zero-order valence-electron chi connectivity index (χ0n) is 13.0. The number of hydrogen-bond acceptors (Lipinski definition) is 3. The Labute approximate surface area is 135 Å². The van der Waals surface area contributed by atoms with Crippen LogP contribution in [0.4, 0.5) is 4.79 Å². The fourth-order valence-electron chi connectivity index (χ4n) is 2.08. The predicted molar refractivity (Wildman–Crippen MR) is 88.0 cm³/mol. The Balaban J connectivity index is 1.74. The van der Waals surface area contributed by atoms with E-state index in [0.29, 0.717) is 25.1 Å². The summed E-state index contributed by atoms with van der Waals surface area (Å²) >= 11 is 0. The predicted octanol–water partition coefficient (Wildman–Crippen LogP) is 1.48. The molecule has 3 amide bonds. The molecule has 2 rings (SSSR count). The van der Waals surface area contributed by atoms with Gasteiger partial charge in [-0.25, -0.2) is 4.79 Å². The van der Waals surface area contributed by atoms with Gasteiger partial charge in [-0.2, -0.15) is 0 Å². The van der Waals surface area contributed by atoms with Gasteiger partial charge in [0.05, 0.1) is 0 Å². The summed E-state index contributed by atoms with van der Waals surface area (Å²) in [6.45, 7) is 0.932. The van der Waals surface area contributed by atoms with Gasteiger partial charge in [0.15, 0.2) is 0 Å². The molecule has 0 spiro atoms. The van der Waals surface area contributed by atoms with Crippen LogP contribution in [0.5, 0.6) is 0 Å². The fraction of sp³-hybridized carbons (Fsp3) is 0.235. The highest BCUT2D eigenvalue weighted by Crippen LogP contribution is 2.05. The largest absolute Gasteiger partial charge is 0.355 e. The molecule has 0 bridgehead atoms. The van der Waals surface area contributed by atoms with Crippen molar-refractivity contribution in [2.45, 2.75) is 13.0 Å². The third-order valence-corrected chi connectivity index (χ3v) is 3.29. The van der Waals surface area contributed by atoms with Crippen LogP contribution in [0, 0.1) is 0 Å². The van der Waals surface area contributed by atoms with Crippen molar-refractivity contribution in [3.05, 3.63) is 65.5 Å². The number of carbonyl (C=O) groups excluding carboxylic acids is 2. The number of aromatic nitrogens is 1. The minimum atomic E-state index is -0.226. The van der Waals surface area contributed by atoms with Gasteiger partial charge in [-0.1, -0.05) is 18.2 Å². The highest BCUT2D eigenvalue weighted by molar-refractivity contribution is 5.94. The van der Waals surface area contributed by atoms with Gasteiger partial charge >= 0.3 is 6.03 Å². The van der Waals surface area contributed by atoms with E-state index in [4.69, 9.17) is 0 Å². The molecule has 0 saturated heterocycles. The number of nitrogens with one attached hydrogen (secondary N) is 3. The third-order valence-electron chi connectivity index (χ3n) is 3.29. The van der Waals surface area contributed by atoms with E-state index in [0.717, 1.165) is 11.1 Å². The van der Waals surface area contributed by atoms with Gasteiger partial charge in [0.2, 0.25) is 0 Å².